The van der Waals surface area contributed by atoms with E-state index in [0.717, 1.165) is 25.1 Å². The summed E-state index contributed by atoms with van der Waals surface area (Å²) in [5.74, 6) is -0.272. The maximum Gasteiger partial charge on any atom is 0.181 e. The van der Waals surface area contributed by atoms with Crippen molar-refractivity contribution < 1.29 is 9.90 Å². The van der Waals surface area contributed by atoms with Crippen LogP contribution in [-0.4, -0.2) is 24.0 Å². The summed E-state index contributed by atoms with van der Waals surface area (Å²) in [6, 6.07) is 16.7. The first-order valence-corrected chi connectivity index (χ1v) is 7.50. The molecule has 0 bridgehead atoms. The molecule has 0 amide bonds. The molecule has 3 rings (SSSR count). The van der Waals surface area contributed by atoms with Gasteiger partial charge in [0, 0.05) is 18.8 Å². The van der Waals surface area contributed by atoms with Gasteiger partial charge in [0.2, 0.25) is 0 Å². The van der Waals surface area contributed by atoms with E-state index in [0.29, 0.717) is 0 Å². The summed E-state index contributed by atoms with van der Waals surface area (Å²) in [5.41, 5.74) is 4.90. The van der Waals surface area contributed by atoms with Gasteiger partial charge in [0.15, 0.2) is 5.78 Å². The zero-order chi connectivity index (χ0) is 15.4. The summed E-state index contributed by atoms with van der Waals surface area (Å²) in [5, 5.41) is 8.74. The second kappa shape index (κ2) is 6.58. The van der Waals surface area contributed by atoms with Crippen LogP contribution in [0.5, 0.6) is 0 Å². The van der Waals surface area contributed by atoms with Crippen LogP contribution in [-0.2, 0) is 17.8 Å². The van der Waals surface area contributed by atoms with Gasteiger partial charge in [-0.25, -0.2) is 0 Å². The van der Waals surface area contributed by atoms with Gasteiger partial charge in [0.25, 0.3) is 0 Å². The number of rotatable bonds is 5. The third-order valence-corrected chi connectivity index (χ3v) is 3.93. The molecule has 3 nitrogen and oxygen atoms in total. The van der Waals surface area contributed by atoms with Gasteiger partial charge >= 0.3 is 0 Å². The van der Waals surface area contributed by atoms with Crippen molar-refractivity contribution in [1.82, 2.24) is 0 Å². The molecule has 112 valence electrons. The van der Waals surface area contributed by atoms with E-state index >= 15 is 0 Å². The SMILES string of the molecule is O=C(/C=C/c1ccc2c(c1)CCN2Cc1ccccc1)CO. The van der Waals surface area contributed by atoms with Crippen LogP contribution >= 0.6 is 0 Å². The molecule has 0 unspecified atom stereocenters. The average Bonchev–Trinajstić information content (AvgIpc) is 2.96. The normalized spacial score (nSPS) is 13.6. The van der Waals surface area contributed by atoms with Crippen molar-refractivity contribution in [3.05, 3.63) is 71.3 Å². The summed E-state index contributed by atoms with van der Waals surface area (Å²) in [4.78, 5) is 13.5. The molecular formula is C19H19NO2. The predicted octanol–water partition coefficient (Wildman–Crippen LogP) is 2.82. The summed E-state index contributed by atoms with van der Waals surface area (Å²) in [7, 11) is 0. The van der Waals surface area contributed by atoms with Gasteiger partial charge in [-0.1, -0.05) is 42.5 Å². The lowest BCUT2D eigenvalue weighted by atomic mass is 10.1. The van der Waals surface area contributed by atoms with E-state index in [-0.39, 0.29) is 5.78 Å². The molecule has 2 aromatic carbocycles. The largest absolute Gasteiger partial charge is 0.388 e. The fourth-order valence-corrected chi connectivity index (χ4v) is 2.80. The van der Waals surface area contributed by atoms with Crippen LogP contribution < -0.4 is 4.90 Å². The molecule has 1 heterocycles. The zero-order valence-corrected chi connectivity index (χ0v) is 12.4. The maximum atomic E-state index is 11.1. The number of aliphatic hydroxyl groups excluding tert-OH is 1. The lowest BCUT2D eigenvalue weighted by Crippen LogP contribution is -2.19. The Bertz CT molecular complexity index is 692. The Balaban J connectivity index is 1.75. The number of benzene rings is 2. The number of carbonyl (C=O) groups excluding carboxylic acids is 1. The Morgan fingerprint density at radius 2 is 2.00 bits per heavy atom. The lowest BCUT2D eigenvalue weighted by Gasteiger charge is -2.19. The molecule has 0 saturated heterocycles. The predicted molar refractivity (Wildman–Crippen MR) is 88.8 cm³/mol. The monoisotopic (exact) mass is 293 g/mol. The van der Waals surface area contributed by atoms with Crippen LogP contribution in [0.3, 0.4) is 0 Å². The highest BCUT2D eigenvalue weighted by Crippen LogP contribution is 2.30. The van der Waals surface area contributed by atoms with Crippen molar-refractivity contribution in [2.24, 2.45) is 0 Å². The first-order chi connectivity index (χ1) is 10.8. The standard InChI is InChI=1S/C19H19NO2/c21-14-18(22)8-6-15-7-9-19-17(12-15)10-11-20(19)13-16-4-2-1-3-5-16/h1-9,12,21H,10-11,13-14H2/b8-6+. The van der Waals surface area contributed by atoms with Crippen molar-refractivity contribution in [3.63, 3.8) is 0 Å². The number of ketones is 1. The van der Waals surface area contributed by atoms with Crippen LogP contribution in [0.2, 0.25) is 0 Å². The molecule has 2 aromatic rings. The fourth-order valence-electron chi connectivity index (χ4n) is 2.80. The third kappa shape index (κ3) is 3.26. The van der Waals surface area contributed by atoms with E-state index < -0.39 is 6.61 Å². The minimum Gasteiger partial charge on any atom is -0.388 e. The Hall–Kier alpha value is -2.39. The van der Waals surface area contributed by atoms with Gasteiger partial charge in [-0.2, -0.15) is 0 Å². The van der Waals surface area contributed by atoms with Crippen molar-refractivity contribution in [3.8, 4) is 0 Å². The minimum absolute atomic E-state index is 0.272. The number of nitrogens with zero attached hydrogens (tertiary/aromatic N) is 1. The Morgan fingerprint density at radius 3 is 2.77 bits per heavy atom. The minimum atomic E-state index is -0.438. The highest BCUT2D eigenvalue weighted by molar-refractivity contribution is 5.94. The molecule has 1 aliphatic rings. The molecule has 1 N–H and O–H groups in total. The van der Waals surface area contributed by atoms with Crippen molar-refractivity contribution in [2.75, 3.05) is 18.1 Å². The highest BCUT2D eigenvalue weighted by Gasteiger charge is 2.18. The second-order valence-electron chi connectivity index (χ2n) is 5.50. The number of anilines is 1. The van der Waals surface area contributed by atoms with Crippen molar-refractivity contribution in [1.29, 1.82) is 0 Å². The molecule has 22 heavy (non-hydrogen) atoms. The topological polar surface area (TPSA) is 40.5 Å². The lowest BCUT2D eigenvalue weighted by molar-refractivity contribution is -0.117. The van der Waals surface area contributed by atoms with Crippen molar-refractivity contribution in [2.45, 2.75) is 13.0 Å². The number of fused-ring (bicyclic) bond motifs is 1. The first kappa shape index (κ1) is 14.5. The van der Waals surface area contributed by atoms with Crippen LogP contribution in [0.25, 0.3) is 6.08 Å². The van der Waals surface area contributed by atoms with E-state index in [1.165, 1.54) is 22.9 Å². The van der Waals surface area contributed by atoms with Crippen LogP contribution in [0.4, 0.5) is 5.69 Å². The van der Waals surface area contributed by atoms with Gasteiger partial charge < -0.3 is 10.0 Å². The zero-order valence-electron chi connectivity index (χ0n) is 12.4. The van der Waals surface area contributed by atoms with E-state index in [1.54, 1.807) is 6.08 Å². The summed E-state index contributed by atoms with van der Waals surface area (Å²) in [6.07, 6.45) is 4.22. The van der Waals surface area contributed by atoms with Crippen molar-refractivity contribution >= 4 is 17.5 Å². The summed E-state index contributed by atoms with van der Waals surface area (Å²) in [6.45, 7) is 1.51. The van der Waals surface area contributed by atoms with Gasteiger partial charge in [0.05, 0.1) is 0 Å². The first-order valence-electron chi connectivity index (χ1n) is 7.50. The van der Waals surface area contributed by atoms with E-state index in [9.17, 15) is 4.79 Å². The molecule has 0 aromatic heterocycles. The molecule has 1 aliphatic heterocycles. The van der Waals surface area contributed by atoms with Gasteiger partial charge in [-0.15, -0.1) is 0 Å². The Morgan fingerprint density at radius 1 is 1.18 bits per heavy atom. The fraction of sp³-hybridized carbons (Fsp3) is 0.211. The van der Waals surface area contributed by atoms with Crippen LogP contribution in [0.1, 0.15) is 16.7 Å². The van der Waals surface area contributed by atoms with Gasteiger partial charge in [-0.05, 0) is 41.3 Å². The highest BCUT2D eigenvalue weighted by atomic mass is 16.3. The quantitative estimate of drug-likeness (QED) is 0.862. The number of hydrogen-bond donors (Lipinski definition) is 1. The molecular weight excluding hydrogens is 274 g/mol. The molecule has 0 fully saturated rings. The maximum absolute atomic E-state index is 11.1. The Kier molecular flexibility index (Phi) is 4.35. The Labute approximate surface area is 130 Å². The number of carbonyl (C=O) groups is 1. The third-order valence-electron chi connectivity index (χ3n) is 3.93. The molecule has 0 saturated carbocycles. The van der Waals surface area contributed by atoms with Gasteiger partial charge in [-0.3, -0.25) is 4.79 Å². The van der Waals surface area contributed by atoms with Crippen LogP contribution in [0.15, 0.2) is 54.6 Å². The molecule has 0 spiro atoms. The molecule has 3 heteroatoms. The second-order valence-corrected chi connectivity index (χ2v) is 5.50. The van der Waals surface area contributed by atoms with E-state index in [2.05, 4.69) is 41.3 Å². The number of aliphatic hydroxyl groups is 1. The average molecular weight is 293 g/mol. The number of hydrogen-bond acceptors (Lipinski definition) is 3. The van der Waals surface area contributed by atoms with Crippen LogP contribution in [0, 0.1) is 0 Å². The molecule has 0 atom stereocenters. The van der Waals surface area contributed by atoms with E-state index in [1.807, 2.05) is 12.1 Å². The molecule has 0 radical (unpaired) electrons. The smallest absolute Gasteiger partial charge is 0.181 e. The van der Waals surface area contributed by atoms with E-state index in [4.69, 9.17) is 5.11 Å². The summed E-state index contributed by atoms with van der Waals surface area (Å²) >= 11 is 0. The van der Waals surface area contributed by atoms with Gasteiger partial charge in [0.1, 0.15) is 6.61 Å². The summed E-state index contributed by atoms with van der Waals surface area (Å²) < 4.78 is 0. The molecule has 0 aliphatic carbocycles.